The predicted molar refractivity (Wildman–Crippen MR) is 80.2 cm³/mol. The first kappa shape index (κ1) is 16.0. The lowest BCUT2D eigenvalue weighted by molar-refractivity contribution is 0.597. The van der Waals surface area contributed by atoms with E-state index in [0.717, 1.165) is 38.8 Å². The zero-order chi connectivity index (χ0) is 14.1. The molecule has 19 heavy (non-hydrogen) atoms. The van der Waals surface area contributed by atoms with Crippen LogP contribution in [-0.4, -0.2) is 27.3 Å². The van der Waals surface area contributed by atoms with Crippen molar-refractivity contribution in [2.45, 2.75) is 37.5 Å². The molecule has 0 fully saturated rings. The van der Waals surface area contributed by atoms with E-state index >= 15 is 0 Å². The van der Waals surface area contributed by atoms with Crippen molar-refractivity contribution in [2.24, 2.45) is 5.73 Å². The third-order valence-corrected chi connectivity index (χ3v) is 4.83. The summed E-state index contributed by atoms with van der Waals surface area (Å²) in [6.45, 7) is 3.20. The molecule has 3 N–H and O–H groups in total. The summed E-state index contributed by atoms with van der Waals surface area (Å²) in [4.78, 5) is 0.402. The number of sulfone groups is 1. The number of anilines is 1. The lowest BCUT2D eigenvalue weighted by Crippen LogP contribution is -2.10. The predicted octanol–water partition coefficient (Wildman–Crippen LogP) is 2.41. The number of unbranched alkanes of at least 4 members (excludes halogenated alkanes) is 3. The molecular weight excluding hydrogens is 260 g/mol. The van der Waals surface area contributed by atoms with Crippen LogP contribution in [0.2, 0.25) is 0 Å². The SMILES string of the molecule is CCS(=O)(=O)c1ccccc1NCCCCCCN. The Morgan fingerprint density at radius 1 is 1.11 bits per heavy atom. The number of benzene rings is 1. The van der Waals surface area contributed by atoms with E-state index in [-0.39, 0.29) is 5.75 Å². The van der Waals surface area contributed by atoms with Crippen molar-refractivity contribution in [1.29, 1.82) is 0 Å². The van der Waals surface area contributed by atoms with Crippen molar-refractivity contribution in [2.75, 3.05) is 24.2 Å². The minimum absolute atomic E-state index is 0.127. The van der Waals surface area contributed by atoms with E-state index in [9.17, 15) is 8.42 Å². The Labute approximate surface area is 116 Å². The third-order valence-electron chi connectivity index (χ3n) is 3.05. The molecule has 0 radical (unpaired) electrons. The highest BCUT2D eigenvalue weighted by molar-refractivity contribution is 7.91. The highest BCUT2D eigenvalue weighted by Gasteiger charge is 2.15. The van der Waals surface area contributed by atoms with Crippen LogP contribution in [-0.2, 0) is 9.84 Å². The molecule has 0 spiro atoms. The highest BCUT2D eigenvalue weighted by Crippen LogP contribution is 2.21. The molecule has 0 unspecified atom stereocenters. The van der Waals surface area contributed by atoms with Gasteiger partial charge in [-0.15, -0.1) is 0 Å². The zero-order valence-corrected chi connectivity index (χ0v) is 12.4. The molecule has 0 atom stereocenters. The summed E-state index contributed by atoms with van der Waals surface area (Å²) in [7, 11) is -3.16. The number of nitrogens with two attached hydrogens (primary N) is 1. The van der Waals surface area contributed by atoms with Gasteiger partial charge in [-0.1, -0.05) is 31.9 Å². The van der Waals surface area contributed by atoms with E-state index in [0.29, 0.717) is 10.6 Å². The minimum Gasteiger partial charge on any atom is -0.384 e. The van der Waals surface area contributed by atoms with Crippen molar-refractivity contribution < 1.29 is 8.42 Å². The Morgan fingerprint density at radius 3 is 2.47 bits per heavy atom. The fourth-order valence-electron chi connectivity index (χ4n) is 1.89. The molecule has 0 aromatic heterocycles. The zero-order valence-electron chi connectivity index (χ0n) is 11.6. The van der Waals surface area contributed by atoms with Gasteiger partial charge in [0, 0.05) is 6.54 Å². The van der Waals surface area contributed by atoms with Crippen LogP contribution in [0.5, 0.6) is 0 Å². The molecule has 0 aliphatic heterocycles. The van der Waals surface area contributed by atoms with Crippen LogP contribution in [0.4, 0.5) is 5.69 Å². The van der Waals surface area contributed by atoms with Gasteiger partial charge in [0.2, 0.25) is 0 Å². The Morgan fingerprint density at radius 2 is 1.79 bits per heavy atom. The molecule has 0 amide bonds. The van der Waals surface area contributed by atoms with Crippen molar-refractivity contribution in [1.82, 2.24) is 0 Å². The van der Waals surface area contributed by atoms with Gasteiger partial charge in [0.25, 0.3) is 0 Å². The smallest absolute Gasteiger partial charge is 0.180 e. The first-order valence-electron chi connectivity index (χ1n) is 6.87. The van der Waals surface area contributed by atoms with Crippen LogP contribution in [0, 0.1) is 0 Å². The van der Waals surface area contributed by atoms with Gasteiger partial charge >= 0.3 is 0 Å². The van der Waals surface area contributed by atoms with Crippen LogP contribution < -0.4 is 11.1 Å². The first-order valence-corrected chi connectivity index (χ1v) is 8.52. The topological polar surface area (TPSA) is 72.2 Å². The summed E-state index contributed by atoms with van der Waals surface area (Å²) in [5.74, 6) is 0.127. The van der Waals surface area contributed by atoms with E-state index < -0.39 is 9.84 Å². The molecule has 1 rings (SSSR count). The normalized spacial score (nSPS) is 11.5. The summed E-state index contributed by atoms with van der Waals surface area (Å²) in [6, 6.07) is 7.10. The maximum atomic E-state index is 11.9. The summed E-state index contributed by atoms with van der Waals surface area (Å²) in [6.07, 6.45) is 4.33. The Balaban J connectivity index is 2.55. The number of hydrogen-bond acceptors (Lipinski definition) is 4. The van der Waals surface area contributed by atoms with Gasteiger partial charge in [0.1, 0.15) is 0 Å². The Hall–Kier alpha value is -1.07. The maximum absolute atomic E-state index is 11.9. The number of nitrogens with one attached hydrogen (secondary N) is 1. The van der Waals surface area contributed by atoms with Crippen LogP contribution in [0.25, 0.3) is 0 Å². The number of rotatable bonds is 9. The summed E-state index contributed by atoms with van der Waals surface area (Å²) < 4.78 is 23.9. The Bertz CT molecular complexity index is 472. The van der Waals surface area contributed by atoms with Gasteiger partial charge in [0.15, 0.2) is 9.84 Å². The van der Waals surface area contributed by atoms with Gasteiger partial charge in [-0.3, -0.25) is 0 Å². The maximum Gasteiger partial charge on any atom is 0.180 e. The van der Waals surface area contributed by atoms with Gasteiger partial charge in [-0.2, -0.15) is 0 Å². The lowest BCUT2D eigenvalue weighted by atomic mass is 10.2. The molecule has 1 aromatic rings. The molecular formula is C14H24N2O2S. The fourth-order valence-corrected chi connectivity index (χ4v) is 2.96. The standard InChI is InChI=1S/C14H24N2O2S/c1-2-19(17,18)14-10-6-5-9-13(14)16-12-8-4-3-7-11-15/h5-6,9-10,16H,2-4,7-8,11-12,15H2,1H3. The average molecular weight is 284 g/mol. The lowest BCUT2D eigenvalue weighted by Gasteiger charge is -2.11. The molecule has 0 heterocycles. The monoisotopic (exact) mass is 284 g/mol. The van der Waals surface area contributed by atoms with Gasteiger partial charge in [0.05, 0.1) is 16.3 Å². The third kappa shape index (κ3) is 5.20. The molecule has 5 heteroatoms. The largest absolute Gasteiger partial charge is 0.384 e. The second-order valence-electron chi connectivity index (χ2n) is 4.53. The van der Waals surface area contributed by atoms with Crippen molar-refractivity contribution >= 4 is 15.5 Å². The van der Waals surface area contributed by atoms with Gasteiger partial charge < -0.3 is 11.1 Å². The molecule has 0 aliphatic carbocycles. The van der Waals surface area contributed by atoms with E-state index in [1.165, 1.54) is 0 Å². The average Bonchev–Trinajstić information content (AvgIpc) is 2.43. The Kier molecular flexibility index (Phi) is 6.87. The van der Waals surface area contributed by atoms with Crippen LogP contribution in [0.1, 0.15) is 32.6 Å². The quantitative estimate of drug-likeness (QED) is 0.683. The van der Waals surface area contributed by atoms with E-state index in [2.05, 4.69) is 5.32 Å². The summed E-state index contributed by atoms with van der Waals surface area (Å²) in [5.41, 5.74) is 6.15. The second kappa shape index (κ2) is 8.17. The highest BCUT2D eigenvalue weighted by atomic mass is 32.2. The van der Waals surface area contributed by atoms with Crippen LogP contribution in [0.3, 0.4) is 0 Å². The van der Waals surface area contributed by atoms with E-state index in [4.69, 9.17) is 5.73 Å². The number of hydrogen-bond donors (Lipinski definition) is 2. The first-order chi connectivity index (χ1) is 9.11. The summed E-state index contributed by atoms with van der Waals surface area (Å²) >= 11 is 0. The van der Waals surface area contributed by atoms with Crippen LogP contribution in [0.15, 0.2) is 29.2 Å². The van der Waals surface area contributed by atoms with Crippen molar-refractivity contribution in [3.05, 3.63) is 24.3 Å². The molecule has 1 aromatic carbocycles. The molecule has 0 bridgehead atoms. The van der Waals surface area contributed by atoms with Crippen molar-refractivity contribution in [3.8, 4) is 0 Å². The molecule has 108 valence electrons. The second-order valence-corrected chi connectivity index (χ2v) is 6.78. The fraction of sp³-hybridized carbons (Fsp3) is 0.571. The molecule has 0 saturated carbocycles. The molecule has 4 nitrogen and oxygen atoms in total. The molecule has 0 aliphatic rings. The number of para-hydroxylation sites is 1. The minimum atomic E-state index is -3.16. The van der Waals surface area contributed by atoms with Gasteiger partial charge in [-0.25, -0.2) is 8.42 Å². The van der Waals surface area contributed by atoms with E-state index in [1.54, 1.807) is 19.1 Å². The summed E-state index contributed by atoms with van der Waals surface area (Å²) in [5, 5.41) is 3.22. The van der Waals surface area contributed by atoms with Crippen LogP contribution >= 0.6 is 0 Å². The molecule has 0 saturated heterocycles. The van der Waals surface area contributed by atoms with E-state index in [1.807, 2.05) is 12.1 Å². The van der Waals surface area contributed by atoms with Gasteiger partial charge in [-0.05, 0) is 31.5 Å². The van der Waals surface area contributed by atoms with Crippen molar-refractivity contribution in [3.63, 3.8) is 0 Å².